The minimum Gasteiger partial charge on any atom is -0.493 e. The fourth-order valence-corrected chi connectivity index (χ4v) is 2.34. The fourth-order valence-electron chi connectivity index (χ4n) is 2.34. The number of rotatable bonds is 7. The molecule has 5 nitrogen and oxygen atoms in total. The van der Waals surface area contributed by atoms with Gasteiger partial charge in [0.15, 0.2) is 17.5 Å². The molecule has 0 unspecified atom stereocenters. The van der Waals surface area contributed by atoms with Crippen LogP contribution in [0.5, 0.6) is 11.5 Å². The van der Waals surface area contributed by atoms with Crippen molar-refractivity contribution in [3.05, 3.63) is 35.9 Å². The fraction of sp³-hybridized carbons (Fsp3) is 0.526. The second-order valence-corrected chi connectivity index (χ2v) is 6.55. The standard InChI is InChI=1S/C19H31N3O2/c1-8-10-15-11-14(12-16(23-6)17(15)24-7)13-21-18(20-9-2)22-19(3,4)5/h8,11-12H,1,9-10,13H2,2-7H3,(H2,20,21,22). The number of hydrogen-bond donors (Lipinski definition) is 2. The van der Waals surface area contributed by atoms with E-state index in [4.69, 9.17) is 9.47 Å². The molecule has 0 heterocycles. The molecule has 0 bridgehead atoms. The second-order valence-electron chi connectivity index (χ2n) is 6.55. The molecule has 0 amide bonds. The lowest BCUT2D eigenvalue weighted by molar-refractivity contribution is 0.352. The molecule has 0 saturated heterocycles. The van der Waals surface area contributed by atoms with Crippen LogP contribution in [0.3, 0.4) is 0 Å². The minimum atomic E-state index is -0.0490. The zero-order chi connectivity index (χ0) is 18.2. The summed E-state index contributed by atoms with van der Waals surface area (Å²) in [6.07, 6.45) is 2.58. The molecule has 0 aliphatic carbocycles. The highest BCUT2D eigenvalue weighted by Gasteiger charge is 2.13. The van der Waals surface area contributed by atoms with E-state index in [1.54, 1.807) is 14.2 Å². The summed E-state index contributed by atoms with van der Waals surface area (Å²) in [5, 5.41) is 6.65. The number of allylic oxidation sites excluding steroid dienone is 1. The molecular formula is C19H31N3O2. The molecule has 134 valence electrons. The van der Waals surface area contributed by atoms with Crippen molar-refractivity contribution in [2.24, 2.45) is 4.99 Å². The van der Waals surface area contributed by atoms with Crippen LogP contribution in [-0.4, -0.2) is 32.3 Å². The van der Waals surface area contributed by atoms with Gasteiger partial charge in [0, 0.05) is 17.6 Å². The van der Waals surface area contributed by atoms with E-state index in [-0.39, 0.29) is 5.54 Å². The van der Waals surface area contributed by atoms with Gasteiger partial charge in [0.1, 0.15) is 0 Å². The number of nitrogens with zero attached hydrogens (tertiary/aromatic N) is 1. The maximum atomic E-state index is 5.47. The lowest BCUT2D eigenvalue weighted by Crippen LogP contribution is -2.47. The van der Waals surface area contributed by atoms with Gasteiger partial charge in [-0.15, -0.1) is 6.58 Å². The predicted octanol–water partition coefficient (Wildman–Crippen LogP) is 3.29. The Labute approximate surface area is 146 Å². The van der Waals surface area contributed by atoms with E-state index in [1.807, 2.05) is 12.1 Å². The molecule has 1 rings (SSSR count). The van der Waals surface area contributed by atoms with Gasteiger partial charge in [-0.1, -0.05) is 6.08 Å². The van der Waals surface area contributed by atoms with E-state index < -0.39 is 0 Å². The van der Waals surface area contributed by atoms with E-state index in [0.29, 0.717) is 6.54 Å². The van der Waals surface area contributed by atoms with Gasteiger partial charge in [-0.2, -0.15) is 0 Å². The zero-order valence-electron chi connectivity index (χ0n) is 15.8. The molecule has 0 spiro atoms. The summed E-state index contributed by atoms with van der Waals surface area (Å²) in [4.78, 5) is 4.67. The summed E-state index contributed by atoms with van der Waals surface area (Å²) in [6.45, 7) is 13.6. The highest BCUT2D eigenvalue weighted by Crippen LogP contribution is 2.33. The van der Waals surface area contributed by atoms with Crippen molar-refractivity contribution in [3.63, 3.8) is 0 Å². The van der Waals surface area contributed by atoms with Crippen LogP contribution in [0, 0.1) is 0 Å². The Bertz CT molecular complexity index is 575. The van der Waals surface area contributed by atoms with Crippen molar-refractivity contribution in [2.45, 2.75) is 46.2 Å². The predicted molar refractivity (Wildman–Crippen MR) is 101 cm³/mol. The summed E-state index contributed by atoms with van der Waals surface area (Å²) in [5.41, 5.74) is 2.06. The lowest BCUT2D eigenvalue weighted by Gasteiger charge is -2.23. The van der Waals surface area contributed by atoms with Gasteiger partial charge in [0.25, 0.3) is 0 Å². The van der Waals surface area contributed by atoms with Crippen LogP contribution in [0.15, 0.2) is 29.8 Å². The van der Waals surface area contributed by atoms with Crippen LogP contribution >= 0.6 is 0 Å². The summed E-state index contributed by atoms with van der Waals surface area (Å²) in [5.74, 6) is 2.27. The topological polar surface area (TPSA) is 54.9 Å². The number of aliphatic imine (C=N–C) groups is 1. The molecule has 24 heavy (non-hydrogen) atoms. The van der Waals surface area contributed by atoms with Crippen molar-refractivity contribution in [1.29, 1.82) is 0 Å². The van der Waals surface area contributed by atoms with Gasteiger partial charge in [0.05, 0.1) is 20.8 Å². The molecule has 2 N–H and O–H groups in total. The maximum absolute atomic E-state index is 5.47. The monoisotopic (exact) mass is 333 g/mol. The van der Waals surface area contributed by atoms with E-state index in [9.17, 15) is 0 Å². The first-order valence-electron chi connectivity index (χ1n) is 8.25. The number of guanidine groups is 1. The molecule has 1 aromatic carbocycles. The molecule has 0 atom stereocenters. The molecule has 0 aliphatic heterocycles. The van der Waals surface area contributed by atoms with E-state index in [0.717, 1.165) is 41.6 Å². The van der Waals surface area contributed by atoms with Gasteiger partial charge in [0.2, 0.25) is 0 Å². The first-order chi connectivity index (χ1) is 11.3. The van der Waals surface area contributed by atoms with Crippen molar-refractivity contribution in [2.75, 3.05) is 20.8 Å². The Morgan fingerprint density at radius 2 is 1.96 bits per heavy atom. The third-order valence-corrected chi connectivity index (χ3v) is 3.24. The number of ether oxygens (including phenoxy) is 2. The van der Waals surface area contributed by atoms with Crippen LogP contribution in [-0.2, 0) is 13.0 Å². The Balaban J connectivity index is 3.09. The molecule has 5 heteroatoms. The molecule has 0 saturated carbocycles. The van der Waals surface area contributed by atoms with Crippen molar-refractivity contribution < 1.29 is 9.47 Å². The number of methoxy groups -OCH3 is 2. The van der Waals surface area contributed by atoms with Gasteiger partial charge < -0.3 is 20.1 Å². The van der Waals surface area contributed by atoms with Crippen LogP contribution in [0.4, 0.5) is 0 Å². The second kappa shape index (κ2) is 9.21. The average Bonchev–Trinajstić information content (AvgIpc) is 2.51. The molecule has 0 fully saturated rings. The van der Waals surface area contributed by atoms with Gasteiger partial charge in [-0.25, -0.2) is 4.99 Å². The summed E-state index contributed by atoms with van der Waals surface area (Å²) >= 11 is 0. The van der Waals surface area contributed by atoms with Crippen LogP contribution in [0.25, 0.3) is 0 Å². The minimum absolute atomic E-state index is 0.0490. The lowest BCUT2D eigenvalue weighted by atomic mass is 10.1. The Morgan fingerprint density at radius 1 is 1.25 bits per heavy atom. The quantitative estimate of drug-likeness (QED) is 0.457. The highest BCUT2D eigenvalue weighted by atomic mass is 16.5. The third-order valence-electron chi connectivity index (χ3n) is 3.24. The molecule has 1 aromatic rings. The maximum Gasteiger partial charge on any atom is 0.191 e. The molecule has 0 aromatic heterocycles. The molecule has 0 aliphatic rings. The smallest absolute Gasteiger partial charge is 0.191 e. The first kappa shape index (κ1) is 19.9. The normalized spacial score (nSPS) is 11.8. The van der Waals surface area contributed by atoms with Crippen LogP contribution < -0.4 is 20.1 Å². The van der Waals surface area contributed by atoms with Crippen molar-refractivity contribution >= 4 is 5.96 Å². The van der Waals surface area contributed by atoms with Crippen LogP contribution in [0.2, 0.25) is 0 Å². The Morgan fingerprint density at radius 3 is 2.46 bits per heavy atom. The summed E-state index contributed by atoms with van der Waals surface area (Å²) in [7, 11) is 3.30. The summed E-state index contributed by atoms with van der Waals surface area (Å²) < 4.78 is 10.9. The van der Waals surface area contributed by atoms with Gasteiger partial charge in [-0.05, 0) is 51.8 Å². The average molecular weight is 333 g/mol. The largest absolute Gasteiger partial charge is 0.493 e. The van der Waals surface area contributed by atoms with E-state index in [1.165, 1.54) is 0 Å². The zero-order valence-corrected chi connectivity index (χ0v) is 15.8. The van der Waals surface area contributed by atoms with E-state index in [2.05, 4.69) is 56.0 Å². The van der Waals surface area contributed by atoms with Crippen molar-refractivity contribution in [3.8, 4) is 11.5 Å². The molecule has 0 radical (unpaired) electrons. The number of benzene rings is 1. The SMILES string of the molecule is C=CCc1cc(CN=C(NCC)NC(C)(C)C)cc(OC)c1OC. The third kappa shape index (κ3) is 6.14. The highest BCUT2D eigenvalue weighted by molar-refractivity contribution is 5.80. The molecular weight excluding hydrogens is 302 g/mol. The van der Waals surface area contributed by atoms with Crippen molar-refractivity contribution in [1.82, 2.24) is 10.6 Å². The number of hydrogen-bond acceptors (Lipinski definition) is 3. The van der Waals surface area contributed by atoms with Crippen LogP contribution in [0.1, 0.15) is 38.8 Å². The van der Waals surface area contributed by atoms with Gasteiger partial charge in [-0.3, -0.25) is 0 Å². The summed E-state index contributed by atoms with van der Waals surface area (Å²) in [6, 6.07) is 4.06. The first-order valence-corrected chi connectivity index (χ1v) is 8.25. The Kier molecular flexibility index (Phi) is 7.62. The van der Waals surface area contributed by atoms with Gasteiger partial charge >= 0.3 is 0 Å². The Hall–Kier alpha value is -2.17. The van der Waals surface area contributed by atoms with E-state index >= 15 is 0 Å². The number of nitrogens with one attached hydrogen (secondary N) is 2.